The fraction of sp³-hybridized carbons (Fsp3) is 0.357. The number of hydrogen-bond acceptors (Lipinski definition) is 3. The average molecular weight is 263 g/mol. The second-order valence-electron chi connectivity index (χ2n) is 4.69. The normalized spacial score (nSPS) is 11.1. The summed E-state index contributed by atoms with van der Waals surface area (Å²) in [5, 5.41) is 11.2. The van der Waals surface area contributed by atoms with Gasteiger partial charge in [0.1, 0.15) is 0 Å². The highest BCUT2D eigenvalue weighted by Gasteiger charge is 2.11. The molecule has 18 heavy (non-hydrogen) atoms. The summed E-state index contributed by atoms with van der Waals surface area (Å²) in [7, 11) is 0. The van der Waals surface area contributed by atoms with Gasteiger partial charge < -0.3 is 9.67 Å². The van der Waals surface area contributed by atoms with Crippen LogP contribution in [0.5, 0.6) is 0 Å². The van der Waals surface area contributed by atoms with E-state index in [4.69, 9.17) is 0 Å². The van der Waals surface area contributed by atoms with Gasteiger partial charge in [0.05, 0.1) is 17.2 Å². The summed E-state index contributed by atoms with van der Waals surface area (Å²) in [5.74, 6) is 0.385. The fourth-order valence-corrected chi connectivity index (χ4v) is 2.69. The number of thiophene rings is 1. The fourth-order valence-electron chi connectivity index (χ4n) is 1.93. The van der Waals surface area contributed by atoms with Crippen molar-refractivity contribution in [3.63, 3.8) is 0 Å². The van der Waals surface area contributed by atoms with Crippen LogP contribution in [-0.4, -0.2) is 9.67 Å². The Labute approximate surface area is 110 Å². The van der Waals surface area contributed by atoms with E-state index in [1.807, 2.05) is 23.6 Å². The third-order valence-corrected chi connectivity index (χ3v) is 3.64. The Hall–Kier alpha value is -1.39. The molecule has 0 saturated heterocycles. The maximum Gasteiger partial charge on any atom is 0.256 e. The van der Waals surface area contributed by atoms with E-state index >= 15 is 0 Å². The van der Waals surface area contributed by atoms with Crippen molar-refractivity contribution in [2.75, 3.05) is 0 Å². The molecule has 0 aliphatic carbocycles. The summed E-state index contributed by atoms with van der Waals surface area (Å²) in [6.45, 7) is 4.62. The zero-order chi connectivity index (χ0) is 13.1. The molecule has 0 spiro atoms. The van der Waals surface area contributed by atoms with E-state index in [1.54, 1.807) is 22.0 Å². The third-order valence-electron chi connectivity index (χ3n) is 2.74. The van der Waals surface area contributed by atoms with Gasteiger partial charge in [-0.05, 0) is 29.5 Å². The highest BCUT2D eigenvalue weighted by molar-refractivity contribution is 7.13. The number of aromatic nitrogens is 1. The molecule has 0 unspecified atom stereocenters. The SMILES string of the molecule is CC(C)Cn1c(-c2cccs2)ccc(CO)c1=O. The molecule has 4 heteroatoms. The van der Waals surface area contributed by atoms with Crippen LogP contribution in [0.15, 0.2) is 34.4 Å². The standard InChI is InChI=1S/C14H17NO2S/c1-10(2)8-15-12(13-4-3-7-18-13)6-5-11(9-16)14(15)17/h3-7,10,16H,8-9H2,1-2H3. The zero-order valence-corrected chi connectivity index (χ0v) is 11.4. The number of hydrogen-bond donors (Lipinski definition) is 1. The Balaban J connectivity index is 2.59. The molecule has 96 valence electrons. The quantitative estimate of drug-likeness (QED) is 0.921. The van der Waals surface area contributed by atoms with E-state index in [0.29, 0.717) is 18.0 Å². The molecule has 0 aromatic carbocycles. The van der Waals surface area contributed by atoms with E-state index in [9.17, 15) is 9.90 Å². The summed E-state index contributed by atoms with van der Waals surface area (Å²) in [6, 6.07) is 7.62. The van der Waals surface area contributed by atoms with Gasteiger partial charge in [0.15, 0.2) is 0 Å². The van der Waals surface area contributed by atoms with E-state index in [-0.39, 0.29) is 12.2 Å². The van der Waals surface area contributed by atoms with Crippen LogP contribution in [0, 0.1) is 5.92 Å². The molecule has 0 radical (unpaired) electrons. The molecule has 0 atom stereocenters. The molecule has 2 aromatic heterocycles. The van der Waals surface area contributed by atoms with E-state index in [2.05, 4.69) is 13.8 Å². The lowest BCUT2D eigenvalue weighted by Gasteiger charge is -2.15. The minimum atomic E-state index is -0.207. The van der Waals surface area contributed by atoms with Gasteiger partial charge in [-0.3, -0.25) is 4.79 Å². The van der Waals surface area contributed by atoms with Crippen molar-refractivity contribution in [1.82, 2.24) is 4.57 Å². The van der Waals surface area contributed by atoms with Crippen molar-refractivity contribution in [1.29, 1.82) is 0 Å². The van der Waals surface area contributed by atoms with Crippen molar-refractivity contribution in [2.24, 2.45) is 5.92 Å². The van der Waals surface area contributed by atoms with E-state index in [0.717, 1.165) is 10.6 Å². The van der Waals surface area contributed by atoms with E-state index < -0.39 is 0 Å². The number of aliphatic hydroxyl groups excluding tert-OH is 1. The van der Waals surface area contributed by atoms with Crippen molar-refractivity contribution in [2.45, 2.75) is 27.0 Å². The first-order valence-electron chi connectivity index (χ1n) is 6.01. The lowest BCUT2D eigenvalue weighted by atomic mass is 10.1. The van der Waals surface area contributed by atoms with Gasteiger partial charge in [0, 0.05) is 12.1 Å². The molecule has 0 aliphatic heterocycles. The summed E-state index contributed by atoms with van der Waals surface area (Å²) >= 11 is 1.62. The van der Waals surface area contributed by atoms with Crippen molar-refractivity contribution in [3.8, 4) is 10.6 Å². The summed E-state index contributed by atoms with van der Waals surface area (Å²) in [6.07, 6.45) is 0. The molecule has 2 heterocycles. The molecule has 2 rings (SSSR count). The first-order chi connectivity index (χ1) is 8.63. The lowest BCUT2D eigenvalue weighted by Crippen LogP contribution is -2.26. The lowest BCUT2D eigenvalue weighted by molar-refractivity contribution is 0.279. The first-order valence-corrected chi connectivity index (χ1v) is 6.89. The van der Waals surface area contributed by atoms with Crippen LogP contribution in [0.1, 0.15) is 19.4 Å². The summed E-state index contributed by atoms with van der Waals surface area (Å²) < 4.78 is 1.77. The van der Waals surface area contributed by atoms with Crippen LogP contribution in [0.4, 0.5) is 0 Å². The smallest absolute Gasteiger partial charge is 0.256 e. The molecule has 2 aromatic rings. The number of rotatable bonds is 4. The molecule has 0 amide bonds. The number of aliphatic hydroxyl groups is 1. The Morgan fingerprint density at radius 1 is 1.33 bits per heavy atom. The predicted octanol–water partition coefficient (Wildman–Crippen LogP) is 2.73. The van der Waals surface area contributed by atoms with Crippen LogP contribution < -0.4 is 5.56 Å². The maximum atomic E-state index is 12.3. The maximum absolute atomic E-state index is 12.3. The average Bonchev–Trinajstić information content (AvgIpc) is 2.84. The molecule has 0 fully saturated rings. The molecule has 0 aliphatic rings. The van der Waals surface area contributed by atoms with Gasteiger partial charge in [0.25, 0.3) is 5.56 Å². The van der Waals surface area contributed by atoms with Gasteiger partial charge in [-0.25, -0.2) is 0 Å². The van der Waals surface area contributed by atoms with Crippen molar-refractivity contribution in [3.05, 3.63) is 45.6 Å². The van der Waals surface area contributed by atoms with Crippen LogP contribution in [0.3, 0.4) is 0 Å². The molecular weight excluding hydrogens is 246 g/mol. The topological polar surface area (TPSA) is 42.2 Å². The van der Waals surface area contributed by atoms with Gasteiger partial charge in [-0.2, -0.15) is 0 Å². The van der Waals surface area contributed by atoms with Gasteiger partial charge in [0.2, 0.25) is 0 Å². The van der Waals surface area contributed by atoms with Gasteiger partial charge in [-0.15, -0.1) is 11.3 Å². The monoisotopic (exact) mass is 263 g/mol. The van der Waals surface area contributed by atoms with Crippen LogP contribution >= 0.6 is 11.3 Å². The van der Waals surface area contributed by atoms with Crippen LogP contribution in [0.25, 0.3) is 10.6 Å². The minimum absolute atomic E-state index is 0.0860. The summed E-state index contributed by atoms with van der Waals surface area (Å²) in [4.78, 5) is 13.3. The highest BCUT2D eigenvalue weighted by Crippen LogP contribution is 2.24. The number of nitrogens with zero attached hydrogens (tertiary/aromatic N) is 1. The second-order valence-corrected chi connectivity index (χ2v) is 5.64. The van der Waals surface area contributed by atoms with Gasteiger partial charge >= 0.3 is 0 Å². The third kappa shape index (κ3) is 2.54. The van der Waals surface area contributed by atoms with E-state index in [1.165, 1.54) is 0 Å². The Morgan fingerprint density at radius 3 is 2.67 bits per heavy atom. The molecule has 0 bridgehead atoms. The van der Waals surface area contributed by atoms with Crippen LogP contribution in [0.2, 0.25) is 0 Å². The highest BCUT2D eigenvalue weighted by atomic mass is 32.1. The zero-order valence-electron chi connectivity index (χ0n) is 10.6. The Kier molecular flexibility index (Phi) is 3.99. The largest absolute Gasteiger partial charge is 0.391 e. The Bertz CT molecular complexity index is 570. The number of pyridine rings is 1. The predicted molar refractivity (Wildman–Crippen MR) is 74.8 cm³/mol. The van der Waals surface area contributed by atoms with Crippen molar-refractivity contribution < 1.29 is 5.11 Å². The Morgan fingerprint density at radius 2 is 2.11 bits per heavy atom. The molecule has 3 nitrogen and oxygen atoms in total. The summed E-state index contributed by atoms with van der Waals surface area (Å²) in [5.41, 5.74) is 1.30. The molecular formula is C14H17NO2S. The second kappa shape index (κ2) is 5.50. The van der Waals surface area contributed by atoms with Crippen LogP contribution in [-0.2, 0) is 13.2 Å². The van der Waals surface area contributed by atoms with Gasteiger partial charge in [-0.1, -0.05) is 19.9 Å². The molecule has 0 saturated carbocycles. The first kappa shape index (κ1) is 13.1. The van der Waals surface area contributed by atoms with Crippen molar-refractivity contribution >= 4 is 11.3 Å². The molecule has 1 N–H and O–H groups in total. The minimum Gasteiger partial charge on any atom is -0.391 e.